The van der Waals surface area contributed by atoms with Gasteiger partial charge in [0.1, 0.15) is 0 Å². The third-order valence-corrected chi connectivity index (χ3v) is 6.31. The van der Waals surface area contributed by atoms with E-state index in [0.29, 0.717) is 17.2 Å². The fraction of sp³-hybridized carbons (Fsp3) is 0.944. The van der Waals surface area contributed by atoms with Crippen LogP contribution in [0.1, 0.15) is 78.6 Å². The van der Waals surface area contributed by atoms with Crippen LogP contribution in [-0.2, 0) is 4.79 Å². The Labute approximate surface area is 129 Å². The highest BCUT2D eigenvalue weighted by atomic mass is 16.2. The van der Waals surface area contributed by atoms with Crippen molar-refractivity contribution in [1.29, 1.82) is 0 Å². The second kappa shape index (κ2) is 5.57. The number of amides is 1. The standard InChI is InChI=1S/C18H32N2O/c1-4-17(8-7-9-17)13-20-15(12-14(2)3)19-18(16(20)21)10-5-6-11-18/h14-15,19H,4-13H2,1-3H3. The second-order valence-electron chi connectivity index (χ2n) is 8.22. The van der Waals surface area contributed by atoms with Crippen molar-refractivity contribution in [2.24, 2.45) is 11.3 Å². The Morgan fingerprint density at radius 1 is 1.19 bits per heavy atom. The van der Waals surface area contributed by atoms with Crippen molar-refractivity contribution in [3.8, 4) is 0 Å². The van der Waals surface area contributed by atoms with Crippen LogP contribution >= 0.6 is 0 Å². The molecule has 1 amide bonds. The molecule has 1 saturated heterocycles. The molecule has 120 valence electrons. The van der Waals surface area contributed by atoms with Gasteiger partial charge in [0.25, 0.3) is 0 Å². The zero-order valence-corrected chi connectivity index (χ0v) is 14.1. The molecular weight excluding hydrogens is 260 g/mol. The largest absolute Gasteiger partial charge is 0.325 e. The predicted molar refractivity (Wildman–Crippen MR) is 85.9 cm³/mol. The lowest BCUT2D eigenvalue weighted by molar-refractivity contribution is -0.136. The van der Waals surface area contributed by atoms with Gasteiger partial charge in [-0.1, -0.05) is 40.0 Å². The lowest BCUT2D eigenvalue weighted by Gasteiger charge is -2.45. The molecule has 1 atom stereocenters. The van der Waals surface area contributed by atoms with Gasteiger partial charge in [-0.15, -0.1) is 0 Å². The SMILES string of the molecule is CCC1(CN2C(=O)C3(CCCC3)NC2CC(C)C)CCC1. The lowest BCUT2D eigenvalue weighted by Crippen LogP contribution is -2.48. The van der Waals surface area contributed by atoms with Gasteiger partial charge < -0.3 is 4.90 Å². The maximum absolute atomic E-state index is 13.1. The zero-order chi connectivity index (χ0) is 15.1. The minimum absolute atomic E-state index is 0.196. The van der Waals surface area contributed by atoms with E-state index < -0.39 is 0 Å². The normalized spacial score (nSPS) is 30.4. The maximum Gasteiger partial charge on any atom is 0.244 e. The first-order chi connectivity index (χ1) is 10.0. The van der Waals surface area contributed by atoms with Crippen molar-refractivity contribution < 1.29 is 4.79 Å². The molecule has 3 nitrogen and oxygen atoms in total. The summed E-state index contributed by atoms with van der Waals surface area (Å²) in [4.78, 5) is 15.4. The molecule has 1 heterocycles. The van der Waals surface area contributed by atoms with Gasteiger partial charge in [0, 0.05) is 6.54 Å². The first kappa shape index (κ1) is 15.3. The van der Waals surface area contributed by atoms with E-state index >= 15 is 0 Å². The minimum Gasteiger partial charge on any atom is -0.325 e. The lowest BCUT2D eigenvalue weighted by atomic mass is 9.66. The first-order valence-corrected chi connectivity index (χ1v) is 9.09. The molecule has 0 bridgehead atoms. The van der Waals surface area contributed by atoms with Gasteiger partial charge in [-0.3, -0.25) is 10.1 Å². The fourth-order valence-corrected chi connectivity index (χ4v) is 4.69. The Kier molecular flexibility index (Phi) is 4.06. The Bertz CT molecular complexity index is 389. The molecule has 3 heteroatoms. The van der Waals surface area contributed by atoms with Gasteiger partial charge in [-0.05, 0) is 49.9 Å². The van der Waals surface area contributed by atoms with Crippen LogP contribution in [0.3, 0.4) is 0 Å². The Balaban J connectivity index is 1.78. The molecule has 3 rings (SSSR count). The molecular formula is C18H32N2O. The summed E-state index contributed by atoms with van der Waals surface area (Å²) >= 11 is 0. The number of hydrogen-bond acceptors (Lipinski definition) is 2. The van der Waals surface area contributed by atoms with Crippen LogP contribution in [0.5, 0.6) is 0 Å². The first-order valence-electron chi connectivity index (χ1n) is 9.09. The van der Waals surface area contributed by atoms with Crippen LogP contribution in [0.2, 0.25) is 0 Å². The van der Waals surface area contributed by atoms with Crippen LogP contribution in [-0.4, -0.2) is 29.1 Å². The minimum atomic E-state index is -0.196. The van der Waals surface area contributed by atoms with Gasteiger partial charge >= 0.3 is 0 Å². The molecule has 2 aliphatic carbocycles. The number of nitrogens with one attached hydrogen (secondary N) is 1. The molecule has 1 spiro atoms. The van der Waals surface area contributed by atoms with Crippen LogP contribution < -0.4 is 5.32 Å². The number of rotatable bonds is 5. The third-order valence-electron chi connectivity index (χ3n) is 6.31. The summed E-state index contributed by atoms with van der Waals surface area (Å²) in [5.41, 5.74) is 0.231. The highest BCUT2D eigenvalue weighted by Gasteiger charge is 2.54. The van der Waals surface area contributed by atoms with Gasteiger partial charge in [-0.25, -0.2) is 0 Å². The van der Waals surface area contributed by atoms with Crippen molar-refractivity contribution in [3.63, 3.8) is 0 Å². The van der Waals surface area contributed by atoms with Crippen molar-refractivity contribution in [3.05, 3.63) is 0 Å². The summed E-state index contributed by atoms with van der Waals surface area (Å²) < 4.78 is 0. The summed E-state index contributed by atoms with van der Waals surface area (Å²) in [5, 5.41) is 3.77. The highest BCUT2D eigenvalue weighted by Crippen LogP contribution is 2.47. The van der Waals surface area contributed by atoms with E-state index in [1.165, 1.54) is 38.5 Å². The van der Waals surface area contributed by atoms with E-state index in [-0.39, 0.29) is 11.7 Å². The monoisotopic (exact) mass is 292 g/mol. The zero-order valence-electron chi connectivity index (χ0n) is 14.1. The fourth-order valence-electron chi connectivity index (χ4n) is 4.69. The summed E-state index contributed by atoms with van der Waals surface area (Å²) in [6, 6.07) is 0. The van der Waals surface area contributed by atoms with Gasteiger partial charge in [0.15, 0.2) is 0 Å². The Morgan fingerprint density at radius 3 is 2.33 bits per heavy atom. The van der Waals surface area contributed by atoms with Gasteiger partial charge in [0.2, 0.25) is 5.91 Å². The molecule has 0 aromatic heterocycles. The molecule has 3 aliphatic rings. The predicted octanol–water partition coefficient (Wildman–Crippen LogP) is 3.68. The molecule has 2 saturated carbocycles. The average Bonchev–Trinajstić information content (AvgIpc) is 2.94. The van der Waals surface area contributed by atoms with Crippen LogP contribution in [0.15, 0.2) is 0 Å². The van der Waals surface area contributed by atoms with Crippen LogP contribution in [0.25, 0.3) is 0 Å². The van der Waals surface area contributed by atoms with Crippen molar-refractivity contribution in [2.75, 3.05) is 6.54 Å². The maximum atomic E-state index is 13.1. The van der Waals surface area contributed by atoms with Gasteiger partial charge in [-0.2, -0.15) is 0 Å². The van der Waals surface area contributed by atoms with E-state index in [2.05, 4.69) is 31.0 Å². The highest BCUT2D eigenvalue weighted by molar-refractivity contribution is 5.89. The van der Waals surface area contributed by atoms with E-state index in [9.17, 15) is 4.79 Å². The summed E-state index contributed by atoms with van der Waals surface area (Å²) in [5.74, 6) is 1.05. The molecule has 0 aromatic carbocycles. The number of carbonyl (C=O) groups is 1. The van der Waals surface area contributed by atoms with E-state index in [4.69, 9.17) is 0 Å². The van der Waals surface area contributed by atoms with E-state index in [1.807, 2.05) is 0 Å². The molecule has 1 unspecified atom stereocenters. The number of hydrogen-bond donors (Lipinski definition) is 1. The van der Waals surface area contributed by atoms with Gasteiger partial charge in [0.05, 0.1) is 11.7 Å². The van der Waals surface area contributed by atoms with Crippen molar-refractivity contribution in [1.82, 2.24) is 10.2 Å². The van der Waals surface area contributed by atoms with E-state index in [1.54, 1.807) is 0 Å². The molecule has 21 heavy (non-hydrogen) atoms. The molecule has 1 aliphatic heterocycles. The Morgan fingerprint density at radius 2 is 1.86 bits per heavy atom. The molecule has 0 aromatic rings. The summed E-state index contributed by atoms with van der Waals surface area (Å²) in [7, 11) is 0. The molecule has 3 fully saturated rings. The molecule has 0 radical (unpaired) electrons. The summed E-state index contributed by atoms with van der Waals surface area (Å²) in [6.45, 7) is 7.83. The molecule has 1 N–H and O–H groups in total. The smallest absolute Gasteiger partial charge is 0.244 e. The average molecular weight is 292 g/mol. The van der Waals surface area contributed by atoms with E-state index in [0.717, 1.165) is 25.8 Å². The quantitative estimate of drug-likeness (QED) is 0.838. The van der Waals surface area contributed by atoms with Crippen molar-refractivity contribution >= 4 is 5.91 Å². The number of carbonyl (C=O) groups excluding carboxylic acids is 1. The second-order valence-corrected chi connectivity index (χ2v) is 8.22. The van der Waals surface area contributed by atoms with Crippen LogP contribution in [0.4, 0.5) is 0 Å². The van der Waals surface area contributed by atoms with Crippen molar-refractivity contribution in [2.45, 2.75) is 90.3 Å². The topological polar surface area (TPSA) is 32.3 Å². The van der Waals surface area contributed by atoms with Crippen LogP contribution in [0, 0.1) is 11.3 Å². The summed E-state index contributed by atoms with van der Waals surface area (Å²) in [6.07, 6.45) is 11.1. The Hall–Kier alpha value is -0.570. The third kappa shape index (κ3) is 2.62. The number of nitrogens with zero attached hydrogens (tertiary/aromatic N) is 1.